The molecule has 3 aromatic rings. The molecule has 8 heteroatoms. The molecule has 1 aliphatic heterocycles. The molecule has 152 valence electrons. The SMILES string of the molecule is Cc1ccc(S(=O)(=O)N2CCCN(Cc3cnn(-c4ccccc4)n3)CC2)cc1. The highest BCUT2D eigenvalue weighted by atomic mass is 32.2. The molecule has 7 nitrogen and oxygen atoms in total. The van der Waals surface area contributed by atoms with Crippen molar-refractivity contribution in [2.24, 2.45) is 0 Å². The van der Waals surface area contributed by atoms with Crippen LogP contribution in [-0.4, -0.2) is 58.8 Å². The van der Waals surface area contributed by atoms with Gasteiger partial charge in [0.2, 0.25) is 10.0 Å². The molecular weight excluding hydrogens is 386 g/mol. The Labute approximate surface area is 171 Å². The predicted molar refractivity (Wildman–Crippen MR) is 111 cm³/mol. The van der Waals surface area contributed by atoms with Gasteiger partial charge in [0.25, 0.3) is 0 Å². The molecule has 1 aromatic heterocycles. The molecule has 0 saturated carbocycles. The van der Waals surface area contributed by atoms with E-state index < -0.39 is 10.0 Å². The van der Waals surface area contributed by atoms with E-state index in [0.717, 1.165) is 29.9 Å². The van der Waals surface area contributed by atoms with Gasteiger partial charge in [0.05, 0.1) is 22.5 Å². The minimum atomic E-state index is -3.46. The maximum Gasteiger partial charge on any atom is 0.243 e. The van der Waals surface area contributed by atoms with E-state index in [1.807, 2.05) is 49.4 Å². The van der Waals surface area contributed by atoms with Crippen molar-refractivity contribution in [1.82, 2.24) is 24.2 Å². The fourth-order valence-corrected chi connectivity index (χ4v) is 4.96. The zero-order valence-corrected chi connectivity index (χ0v) is 17.3. The number of aromatic nitrogens is 3. The van der Waals surface area contributed by atoms with Crippen molar-refractivity contribution >= 4 is 10.0 Å². The van der Waals surface area contributed by atoms with E-state index in [9.17, 15) is 8.42 Å². The van der Waals surface area contributed by atoms with Crippen molar-refractivity contribution in [3.8, 4) is 5.69 Å². The maximum atomic E-state index is 13.0. The van der Waals surface area contributed by atoms with Gasteiger partial charge in [-0.1, -0.05) is 35.9 Å². The van der Waals surface area contributed by atoms with Crippen molar-refractivity contribution in [2.75, 3.05) is 26.2 Å². The van der Waals surface area contributed by atoms with Gasteiger partial charge >= 0.3 is 0 Å². The molecule has 2 heterocycles. The average Bonchev–Trinajstić information content (AvgIpc) is 3.06. The summed E-state index contributed by atoms with van der Waals surface area (Å²) >= 11 is 0. The van der Waals surface area contributed by atoms with Crippen LogP contribution in [0, 0.1) is 6.92 Å². The molecule has 4 rings (SSSR count). The van der Waals surface area contributed by atoms with E-state index in [1.54, 1.807) is 27.4 Å². The first-order valence-electron chi connectivity index (χ1n) is 9.78. The minimum Gasteiger partial charge on any atom is -0.296 e. The van der Waals surface area contributed by atoms with Gasteiger partial charge in [-0.25, -0.2) is 8.42 Å². The van der Waals surface area contributed by atoms with Crippen molar-refractivity contribution in [3.63, 3.8) is 0 Å². The van der Waals surface area contributed by atoms with Gasteiger partial charge in [-0.15, -0.1) is 0 Å². The lowest BCUT2D eigenvalue weighted by atomic mass is 10.2. The van der Waals surface area contributed by atoms with Crippen LogP contribution in [0.4, 0.5) is 0 Å². The molecule has 0 N–H and O–H groups in total. The van der Waals surface area contributed by atoms with Crippen LogP contribution in [0.25, 0.3) is 5.69 Å². The Kier molecular flexibility index (Phi) is 5.75. The largest absolute Gasteiger partial charge is 0.296 e. The summed E-state index contributed by atoms with van der Waals surface area (Å²) in [5.74, 6) is 0. The molecule has 0 spiro atoms. The van der Waals surface area contributed by atoms with Crippen molar-refractivity contribution in [3.05, 3.63) is 72.1 Å². The van der Waals surface area contributed by atoms with Crippen LogP contribution in [0.2, 0.25) is 0 Å². The van der Waals surface area contributed by atoms with Gasteiger partial charge in [-0.05, 0) is 44.2 Å². The zero-order valence-electron chi connectivity index (χ0n) is 16.5. The predicted octanol–water partition coefficient (Wildman–Crippen LogP) is 2.47. The lowest BCUT2D eigenvalue weighted by Crippen LogP contribution is -2.35. The van der Waals surface area contributed by atoms with E-state index >= 15 is 0 Å². The third-order valence-electron chi connectivity index (χ3n) is 5.12. The Bertz CT molecular complexity index is 1050. The second-order valence-electron chi connectivity index (χ2n) is 7.31. The lowest BCUT2D eigenvalue weighted by molar-refractivity contribution is 0.275. The average molecular weight is 412 g/mol. The zero-order chi connectivity index (χ0) is 20.3. The fourth-order valence-electron chi connectivity index (χ4n) is 3.49. The summed E-state index contributed by atoms with van der Waals surface area (Å²) in [5.41, 5.74) is 2.85. The summed E-state index contributed by atoms with van der Waals surface area (Å²) in [4.78, 5) is 4.23. The Hall–Kier alpha value is -2.55. The Balaban J connectivity index is 1.40. The highest BCUT2D eigenvalue weighted by Crippen LogP contribution is 2.19. The van der Waals surface area contributed by atoms with E-state index in [1.165, 1.54) is 0 Å². The number of nitrogens with zero attached hydrogens (tertiary/aromatic N) is 5. The number of benzene rings is 2. The molecule has 0 aliphatic carbocycles. The van der Waals surface area contributed by atoms with Crippen LogP contribution in [0.3, 0.4) is 0 Å². The number of sulfonamides is 1. The van der Waals surface area contributed by atoms with Gasteiger partial charge in [-0.3, -0.25) is 4.90 Å². The van der Waals surface area contributed by atoms with Crippen molar-refractivity contribution in [2.45, 2.75) is 24.8 Å². The first-order valence-corrected chi connectivity index (χ1v) is 11.2. The van der Waals surface area contributed by atoms with Crippen molar-refractivity contribution in [1.29, 1.82) is 0 Å². The number of hydrogen-bond donors (Lipinski definition) is 0. The molecule has 0 amide bonds. The van der Waals surface area contributed by atoms with E-state index in [2.05, 4.69) is 15.1 Å². The smallest absolute Gasteiger partial charge is 0.243 e. The minimum absolute atomic E-state index is 0.363. The molecule has 0 atom stereocenters. The van der Waals surface area contributed by atoms with Crippen molar-refractivity contribution < 1.29 is 8.42 Å². The molecule has 1 aliphatic rings. The second-order valence-corrected chi connectivity index (χ2v) is 9.25. The van der Waals surface area contributed by atoms with Gasteiger partial charge in [0, 0.05) is 26.2 Å². The van der Waals surface area contributed by atoms with E-state index in [-0.39, 0.29) is 0 Å². The quantitative estimate of drug-likeness (QED) is 0.645. The Morgan fingerprint density at radius 3 is 2.45 bits per heavy atom. The highest BCUT2D eigenvalue weighted by Gasteiger charge is 2.27. The monoisotopic (exact) mass is 411 g/mol. The van der Waals surface area contributed by atoms with E-state index in [0.29, 0.717) is 31.1 Å². The fraction of sp³-hybridized carbons (Fsp3) is 0.333. The van der Waals surface area contributed by atoms with Gasteiger partial charge in [0.15, 0.2) is 0 Å². The normalized spacial score (nSPS) is 16.6. The topological polar surface area (TPSA) is 71.3 Å². The Morgan fingerprint density at radius 1 is 0.931 bits per heavy atom. The van der Waals surface area contributed by atoms with Gasteiger partial charge in [-0.2, -0.15) is 19.3 Å². The highest BCUT2D eigenvalue weighted by molar-refractivity contribution is 7.89. The standard InChI is InChI=1S/C21H25N5O2S/c1-18-8-10-21(11-9-18)29(27,28)25-13-5-12-24(14-15-25)17-19-16-22-26(23-19)20-6-3-2-4-7-20/h2-4,6-11,16H,5,12-15,17H2,1H3. The van der Waals surface area contributed by atoms with Crippen LogP contribution >= 0.6 is 0 Å². The van der Waals surface area contributed by atoms with Gasteiger partial charge in [0.1, 0.15) is 0 Å². The van der Waals surface area contributed by atoms with Crippen LogP contribution < -0.4 is 0 Å². The lowest BCUT2D eigenvalue weighted by Gasteiger charge is -2.21. The summed E-state index contributed by atoms with van der Waals surface area (Å²) in [6.07, 6.45) is 2.57. The van der Waals surface area contributed by atoms with E-state index in [4.69, 9.17) is 0 Å². The van der Waals surface area contributed by atoms with Crippen LogP contribution in [0.5, 0.6) is 0 Å². The molecule has 29 heavy (non-hydrogen) atoms. The second kappa shape index (κ2) is 8.44. The van der Waals surface area contributed by atoms with Crippen LogP contribution in [0.1, 0.15) is 17.7 Å². The first-order chi connectivity index (χ1) is 14.0. The summed E-state index contributed by atoms with van der Waals surface area (Å²) in [5, 5.41) is 8.91. The van der Waals surface area contributed by atoms with Crippen LogP contribution in [0.15, 0.2) is 65.7 Å². The summed E-state index contributed by atoms with van der Waals surface area (Å²) in [7, 11) is -3.46. The molecule has 0 radical (unpaired) electrons. The first kappa shape index (κ1) is 19.8. The summed E-state index contributed by atoms with van der Waals surface area (Å²) in [6, 6.07) is 16.9. The molecule has 1 saturated heterocycles. The Morgan fingerprint density at radius 2 is 1.69 bits per heavy atom. The maximum absolute atomic E-state index is 13.0. The molecule has 0 unspecified atom stereocenters. The summed E-state index contributed by atoms with van der Waals surface area (Å²) in [6.45, 7) is 5.12. The van der Waals surface area contributed by atoms with Gasteiger partial charge < -0.3 is 0 Å². The molecule has 1 fully saturated rings. The number of rotatable bonds is 5. The third kappa shape index (κ3) is 4.55. The summed E-state index contributed by atoms with van der Waals surface area (Å²) < 4.78 is 27.5. The molecule has 0 bridgehead atoms. The molecule has 2 aromatic carbocycles. The van der Waals surface area contributed by atoms with Crippen LogP contribution in [-0.2, 0) is 16.6 Å². The number of para-hydroxylation sites is 1. The molecular formula is C21H25N5O2S. The third-order valence-corrected chi connectivity index (χ3v) is 7.03. The number of hydrogen-bond acceptors (Lipinski definition) is 5. The number of aryl methyl sites for hydroxylation is 1.